The summed E-state index contributed by atoms with van der Waals surface area (Å²) in [4.78, 5) is 47.4. The predicted molar refractivity (Wildman–Crippen MR) is 95.6 cm³/mol. The molecule has 10 nitrogen and oxygen atoms in total. The van der Waals surface area contributed by atoms with Crippen molar-refractivity contribution in [2.24, 2.45) is 0 Å². The van der Waals surface area contributed by atoms with Gasteiger partial charge in [0.05, 0.1) is 25.7 Å². The van der Waals surface area contributed by atoms with Crippen molar-refractivity contribution in [1.29, 1.82) is 0 Å². The molecule has 0 saturated carbocycles. The maximum Gasteiger partial charge on any atom is 0.239 e. The molecule has 1 aromatic carbocycles. The molecule has 1 unspecified atom stereocenters. The first-order valence-corrected chi connectivity index (χ1v) is 8.53. The van der Waals surface area contributed by atoms with Crippen LogP contribution in [-0.2, 0) is 25.6 Å². The molecule has 0 spiro atoms. The number of amides is 4. The summed E-state index contributed by atoms with van der Waals surface area (Å²) in [5, 5.41) is 22.3. The van der Waals surface area contributed by atoms with Gasteiger partial charge >= 0.3 is 0 Å². The number of carbonyl (C=O) groups is 4. The standard InChI is InChI=1S/C17H23N5O5/c23-12-3-1-11(2-4-12)7-13-17(27)22-10-16(26)21-9-15(25)20-8-14(24)19-6-5-18-13/h1-4,13,18,23H,5-10H2,(H,19,24)(H,20,25)(H,21,26)(H,22,27). The highest BCUT2D eigenvalue weighted by Crippen LogP contribution is 2.11. The number of aromatic hydroxyl groups is 1. The molecule has 0 aromatic heterocycles. The fourth-order valence-corrected chi connectivity index (χ4v) is 2.41. The molecule has 0 bridgehead atoms. The van der Waals surface area contributed by atoms with Crippen LogP contribution in [0.4, 0.5) is 0 Å². The fraction of sp³-hybridized carbons (Fsp3) is 0.412. The Morgan fingerprint density at radius 1 is 0.778 bits per heavy atom. The molecule has 1 atom stereocenters. The van der Waals surface area contributed by atoms with Crippen molar-refractivity contribution in [3.63, 3.8) is 0 Å². The minimum Gasteiger partial charge on any atom is -0.508 e. The lowest BCUT2D eigenvalue weighted by atomic mass is 10.0. The van der Waals surface area contributed by atoms with Crippen molar-refractivity contribution >= 4 is 23.6 Å². The topological polar surface area (TPSA) is 149 Å². The van der Waals surface area contributed by atoms with Gasteiger partial charge in [0.2, 0.25) is 23.6 Å². The molecular formula is C17H23N5O5. The molecule has 1 fully saturated rings. The average Bonchev–Trinajstić information content (AvgIpc) is 2.66. The summed E-state index contributed by atoms with van der Waals surface area (Å²) < 4.78 is 0. The second-order valence-electron chi connectivity index (χ2n) is 6.00. The van der Waals surface area contributed by atoms with Gasteiger partial charge in [0.1, 0.15) is 5.75 Å². The van der Waals surface area contributed by atoms with Crippen LogP contribution in [0, 0.1) is 0 Å². The predicted octanol–water partition coefficient (Wildman–Crippen LogP) is -2.63. The van der Waals surface area contributed by atoms with Crippen LogP contribution in [0.3, 0.4) is 0 Å². The molecule has 0 aliphatic carbocycles. The van der Waals surface area contributed by atoms with Gasteiger partial charge in [-0.2, -0.15) is 0 Å². The van der Waals surface area contributed by atoms with E-state index in [1.54, 1.807) is 12.1 Å². The van der Waals surface area contributed by atoms with E-state index in [4.69, 9.17) is 0 Å². The van der Waals surface area contributed by atoms with Crippen molar-refractivity contribution in [2.45, 2.75) is 12.5 Å². The van der Waals surface area contributed by atoms with Crippen molar-refractivity contribution in [3.8, 4) is 5.75 Å². The maximum atomic E-state index is 12.4. The van der Waals surface area contributed by atoms with Crippen molar-refractivity contribution in [2.75, 3.05) is 32.7 Å². The minimum atomic E-state index is -0.635. The van der Waals surface area contributed by atoms with Crippen LogP contribution in [0.25, 0.3) is 0 Å². The molecule has 1 aliphatic rings. The third kappa shape index (κ3) is 7.32. The summed E-state index contributed by atoms with van der Waals surface area (Å²) in [6, 6.07) is 5.82. The summed E-state index contributed by atoms with van der Waals surface area (Å²) in [5.74, 6) is -1.64. The molecule has 4 amide bonds. The first-order valence-electron chi connectivity index (χ1n) is 8.53. The Hall–Kier alpha value is -3.14. The van der Waals surface area contributed by atoms with Crippen LogP contribution in [-0.4, -0.2) is 67.5 Å². The van der Waals surface area contributed by atoms with Crippen molar-refractivity contribution in [3.05, 3.63) is 29.8 Å². The number of benzene rings is 1. The number of carbonyl (C=O) groups excluding carboxylic acids is 4. The molecule has 0 radical (unpaired) electrons. The Kier molecular flexibility index (Phi) is 7.56. The summed E-state index contributed by atoms with van der Waals surface area (Å²) in [7, 11) is 0. The molecule has 1 aromatic rings. The van der Waals surface area contributed by atoms with Gasteiger partial charge in [0.25, 0.3) is 0 Å². The lowest BCUT2D eigenvalue weighted by Crippen LogP contribution is -2.49. The van der Waals surface area contributed by atoms with Gasteiger partial charge in [-0.25, -0.2) is 0 Å². The highest BCUT2D eigenvalue weighted by Gasteiger charge is 2.19. The summed E-state index contributed by atoms with van der Waals surface area (Å²) in [5.41, 5.74) is 0.821. The van der Waals surface area contributed by atoms with E-state index in [0.29, 0.717) is 13.0 Å². The molecule has 1 heterocycles. The van der Waals surface area contributed by atoms with E-state index < -0.39 is 17.9 Å². The summed E-state index contributed by atoms with van der Waals surface area (Å²) in [6.07, 6.45) is 0.335. The van der Waals surface area contributed by atoms with E-state index in [1.165, 1.54) is 12.1 Å². The molecule has 1 aliphatic heterocycles. The third-order valence-corrected chi connectivity index (χ3v) is 3.85. The minimum absolute atomic E-state index is 0.126. The first kappa shape index (κ1) is 20.2. The molecule has 6 N–H and O–H groups in total. The third-order valence-electron chi connectivity index (χ3n) is 3.85. The Morgan fingerprint density at radius 2 is 1.33 bits per heavy atom. The van der Waals surface area contributed by atoms with Gasteiger partial charge in [-0.15, -0.1) is 0 Å². The number of nitrogens with one attached hydrogen (secondary N) is 5. The van der Waals surface area contributed by atoms with E-state index in [0.717, 1.165) is 5.56 Å². The normalized spacial score (nSPS) is 20.4. The maximum absolute atomic E-state index is 12.4. The Bertz CT molecular complexity index is 691. The van der Waals surface area contributed by atoms with E-state index in [2.05, 4.69) is 26.6 Å². The van der Waals surface area contributed by atoms with Gasteiger partial charge in [-0.05, 0) is 24.1 Å². The highest BCUT2D eigenvalue weighted by molar-refractivity contribution is 5.91. The Labute approximate surface area is 156 Å². The molecular weight excluding hydrogens is 354 g/mol. The Morgan fingerprint density at radius 3 is 1.96 bits per heavy atom. The number of phenols is 1. The van der Waals surface area contributed by atoms with Gasteiger partial charge in [0, 0.05) is 13.1 Å². The van der Waals surface area contributed by atoms with Gasteiger partial charge in [0.15, 0.2) is 0 Å². The van der Waals surface area contributed by atoms with E-state index in [9.17, 15) is 24.3 Å². The summed E-state index contributed by atoms with van der Waals surface area (Å²) in [6.45, 7) is -0.148. The van der Waals surface area contributed by atoms with Gasteiger partial charge < -0.3 is 31.7 Å². The van der Waals surface area contributed by atoms with Crippen LogP contribution in [0.5, 0.6) is 5.75 Å². The van der Waals surface area contributed by atoms with Crippen LogP contribution in [0.2, 0.25) is 0 Å². The second-order valence-corrected chi connectivity index (χ2v) is 6.00. The van der Waals surface area contributed by atoms with E-state index in [-0.39, 0.29) is 43.7 Å². The van der Waals surface area contributed by atoms with Gasteiger partial charge in [-0.1, -0.05) is 12.1 Å². The molecule has 27 heavy (non-hydrogen) atoms. The van der Waals surface area contributed by atoms with Crippen LogP contribution >= 0.6 is 0 Å². The smallest absolute Gasteiger partial charge is 0.239 e. The lowest BCUT2D eigenvalue weighted by Gasteiger charge is -2.18. The first-order chi connectivity index (χ1) is 12.9. The zero-order valence-corrected chi connectivity index (χ0v) is 14.7. The lowest BCUT2D eigenvalue weighted by molar-refractivity contribution is -0.129. The monoisotopic (exact) mass is 377 g/mol. The number of rotatable bonds is 2. The molecule has 10 heteroatoms. The summed E-state index contributed by atoms with van der Waals surface area (Å²) >= 11 is 0. The quantitative estimate of drug-likeness (QED) is 0.332. The zero-order chi connectivity index (χ0) is 19.6. The number of hydrogen-bond donors (Lipinski definition) is 6. The van der Waals surface area contributed by atoms with Crippen LogP contribution in [0.1, 0.15) is 5.56 Å². The average molecular weight is 377 g/mol. The number of phenolic OH excluding ortho intramolecular Hbond substituents is 1. The van der Waals surface area contributed by atoms with Gasteiger partial charge in [-0.3, -0.25) is 19.2 Å². The van der Waals surface area contributed by atoms with Crippen molar-refractivity contribution < 1.29 is 24.3 Å². The Balaban J connectivity index is 2.02. The largest absolute Gasteiger partial charge is 0.508 e. The van der Waals surface area contributed by atoms with E-state index >= 15 is 0 Å². The second kappa shape index (κ2) is 10.1. The molecule has 2 rings (SSSR count). The fourth-order valence-electron chi connectivity index (χ4n) is 2.41. The molecule has 1 saturated heterocycles. The number of hydrogen-bond acceptors (Lipinski definition) is 6. The van der Waals surface area contributed by atoms with Crippen LogP contribution in [0.15, 0.2) is 24.3 Å². The SMILES string of the molecule is O=C1CNC(=O)CNC(=O)CNC(=O)C(Cc2ccc(O)cc2)NCCN1. The zero-order valence-electron chi connectivity index (χ0n) is 14.7. The molecule has 146 valence electrons. The van der Waals surface area contributed by atoms with Crippen LogP contribution < -0.4 is 26.6 Å². The highest BCUT2D eigenvalue weighted by atomic mass is 16.3. The van der Waals surface area contributed by atoms with Crippen molar-refractivity contribution in [1.82, 2.24) is 26.6 Å². The van der Waals surface area contributed by atoms with E-state index in [1.807, 2.05) is 0 Å².